The van der Waals surface area contributed by atoms with Gasteiger partial charge >= 0.3 is 6.18 Å². The number of halogens is 3. The zero-order valence-corrected chi connectivity index (χ0v) is 9.35. The van der Waals surface area contributed by atoms with E-state index in [1.165, 1.54) is 17.1 Å². The van der Waals surface area contributed by atoms with Crippen LogP contribution in [-0.4, -0.2) is 0 Å². The molecule has 0 aromatic heterocycles. The van der Waals surface area contributed by atoms with Gasteiger partial charge in [-0.3, -0.25) is 5.01 Å². The van der Waals surface area contributed by atoms with E-state index in [0.29, 0.717) is 11.4 Å². The molecule has 18 heavy (non-hydrogen) atoms. The van der Waals surface area contributed by atoms with Gasteiger partial charge in [0.1, 0.15) is 0 Å². The molecule has 0 fully saturated rings. The van der Waals surface area contributed by atoms with Crippen molar-refractivity contribution in [3.63, 3.8) is 0 Å². The molecular formula is C13H11F3N2. The Bertz CT molecular complexity index is 506. The van der Waals surface area contributed by atoms with E-state index in [4.69, 9.17) is 5.84 Å². The van der Waals surface area contributed by atoms with Gasteiger partial charge in [0.25, 0.3) is 0 Å². The number of rotatable bonds is 2. The van der Waals surface area contributed by atoms with Crippen LogP contribution in [-0.2, 0) is 6.18 Å². The zero-order chi connectivity index (χ0) is 13.2. The van der Waals surface area contributed by atoms with Gasteiger partial charge in [-0.2, -0.15) is 13.2 Å². The van der Waals surface area contributed by atoms with Crippen LogP contribution in [0.1, 0.15) is 5.56 Å². The molecule has 94 valence electrons. The summed E-state index contributed by atoms with van der Waals surface area (Å²) in [6.45, 7) is 0. The number of para-hydroxylation sites is 1. The Balaban J connectivity index is 2.25. The normalized spacial score (nSPS) is 11.3. The first-order chi connectivity index (χ1) is 8.48. The topological polar surface area (TPSA) is 29.3 Å². The van der Waals surface area contributed by atoms with Gasteiger partial charge in [-0.05, 0) is 36.4 Å². The van der Waals surface area contributed by atoms with Crippen LogP contribution in [0.4, 0.5) is 24.5 Å². The fourth-order valence-electron chi connectivity index (χ4n) is 1.55. The van der Waals surface area contributed by atoms with E-state index >= 15 is 0 Å². The lowest BCUT2D eigenvalue weighted by molar-refractivity contribution is -0.137. The molecule has 5 heteroatoms. The molecule has 0 radical (unpaired) electrons. The minimum Gasteiger partial charge on any atom is -0.280 e. The maximum atomic E-state index is 12.4. The highest BCUT2D eigenvalue weighted by Gasteiger charge is 2.30. The average molecular weight is 252 g/mol. The van der Waals surface area contributed by atoms with Crippen LogP contribution in [0.2, 0.25) is 0 Å². The van der Waals surface area contributed by atoms with Gasteiger partial charge in [0, 0.05) is 0 Å². The fourth-order valence-corrected chi connectivity index (χ4v) is 1.55. The molecule has 0 unspecified atom stereocenters. The lowest BCUT2D eigenvalue weighted by Gasteiger charge is -2.19. The minimum absolute atomic E-state index is 0.495. The zero-order valence-electron chi connectivity index (χ0n) is 9.35. The lowest BCUT2D eigenvalue weighted by atomic mass is 10.2. The number of anilines is 2. The lowest BCUT2D eigenvalue weighted by Crippen LogP contribution is -2.24. The number of nitrogens with zero attached hydrogens (tertiary/aromatic N) is 1. The molecule has 0 saturated heterocycles. The summed E-state index contributed by atoms with van der Waals surface area (Å²) in [6.07, 6.45) is -4.33. The van der Waals surface area contributed by atoms with E-state index in [9.17, 15) is 13.2 Å². The predicted molar refractivity (Wildman–Crippen MR) is 64.2 cm³/mol. The number of alkyl halides is 3. The van der Waals surface area contributed by atoms with Crippen LogP contribution in [0, 0.1) is 0 Å². The quantitative estimate of drug-likeness (QED) is 0.652. The Morgan fingerprint density at radius 3 is 1.78 bits per heavy atom. The van der Waals surface area contributed by atoms with Crippen molar-refractivity contribution in [2.75, 3.05) is 5.01 Å². The van der Waals surface area contributed by atoms with E-state index < -0.39 is 11.7 Å². The Morgan fingerprint density at radius 2 is 1.28 bits per heavy atom. The van der Waals surface area contributed by atoms with Gasteiger partial charge in [-0.1, -0.05) is 18.2 Å². The van der Waals surface area contributed by atoms with Gasteiger partial charge in [-0.25, -0.2) is 5.84 Å². The van der Waals surface area contributed by atoms with Crippen LogP contribution < -0.4 is 10.9 Å². The highest BCUT2D eigenvalue weighted by molar-refractivity contribution is 5.61. The van der Waals surface area contributed by atoms with Gasteiger partial charge in [0.2, 0.25) is 0 Å². The molecule has 2 aromatic carbocycles. The number of hydrazine groups is 1. The third-order valence-corrected chi connectivity index (χ3v) is 2.51. The van der Waals surface area contributed by atoms with Gasteiger partial charge in [0.05, 0.1) is 16.9 Å². The molecule has 2 nitrogen and oxygen atoms in total. The van der Waals surface area contributed by atoms with Crippen molar-refractivity contribution in [3.05, 3.63) is 60.2 Å². The molecule has 0 spiro atoms. The van der Waals surface area contributed by atoms with Crippen molar-refractivity contribution >= 4 is 11.4 Å². The fraction of sp³-hybridized carbons (Fsp3) is 0.0769. The third-order valence-electron chi connectivity index (χ3n) is 2.51. The van der Waals surface area contributed by atoms with E-state index in [0.717, 1.165) is 12.1 Å². The maximum Gasteiger partial charge on any atom is 0.416 e. The molecule has 2 aromatic rings. The number of hydrogen-bond donors (Lipinski definition) is 1. The first-order valence-corrected chi connectivity index (χ1v) is 5.25. The molecule has 0 heterocycles. The number of benzene rings is 2. The molecule has 0 saturated carbocycles. The summed E-state index contributed by atoms with van der Waals surface area (Å²) in [6, 6.07) is 13.7. The van der Waals surface area contributed by atoms with Crippen molar-refractivity contribution in [1.82, 2.24) is 0 Å². The SMILES string of the molecule is NN(c1ccccc1)c1ccc(C(F)(F)F)cc1. The van der Waals surface area contributed by atoms with Crippen LogP contribution in [0.5, 0.6) is 0 Å². The number of hydrogen-bond acceptors (Lipinski definition) is 2. The van der Waals surface area contributed by atoms with Crippen molar-refractivity contribution < 1.29 is 13.2 Å². The maximum absolute atomic E-state index is 12.4. The summed E-state index contributed by atoms with van der Waals surface area (Å²) in [5, 5.41) is 1.33. The third kappa shape index (κ3) is 2.62. The highest BCUT2D eigenvalue weighted by atomic mass is 19.4. The van der Waals surface area contributed by atoms with E-state index in [1.807, 2.05) is 6.07 Å². The molecule has 0 amide bonds. The minimum atomic E-state index is -4.33. The largest absolute Gasteiger partial charge is 0.416 e. The second-order valence-corrected chi connectivity index (χ2v) is 3.75. The van der Waals surface area contributed by atoms with Gasteiger partial charge in [0.15, 0.2) is 0 Å². The molecule has 2 N–H and O–H groups in total. The molecule has 0 aliphatic heterocycles. The molecule has 0 aliphatic rings. The summed E-state index contributed by atoms with van der Waals surface area (Å²) in [5.41, 5.74) is 0.513. The second-order valence-electron chi connectivity index (χ2n) is 3.75. The van der Waals surface area contributed by atoms with Crippen molar-refractivity contribution in [2.45, 2.75) is 6.18 Å². The molecule has 2 rings (SSSR count). The predicted octanol–water partition coefficient (Wildman–Crippen LogP) is 3.72. The summed E-state index contributed by atoms with van der Waals surface area (Å²) >= 11 is 0. The monoisotopic (exact) mass is 252 g/mol. The first-order valence-electron chi connectivity index (χ1n) is 5.25. The standard InChI is InChI=1S/C13H11F3N2/c14-13(15,16)10-6-8-12(9-7-10)18(17)11-4-2-1-3-5-11/h1-9H,17H2. The first kappa shape index (κ1) is 12.4. The molecule has 0 aliphatic carbocycles. The smallest absolute Gasteiger partial charge is 0.280 e. The van der Waals surface area contributed by atoms with E-state index in [-0.39, 0.29) is 0 Å². The summed E-state index contributed by atoms with van der Waals surface area (Å²) in [4.78, 5) is 0. The average Bonchev–Trinajstić information content (AvgIpc) is 2.38. The van der Waals surface area contributed by atoms with Gasteiger partial charge < -0.3 is 0 Å². The molecule has 0 bridgehead atoms. The van der Waals surface area contributed by atoms with Crippen molar-refractivity contribution in [1.29, 1.82) is 0 Å². The van der Waals surface area contributed by atoms with E-state index in [2.05, 4.69) is 0 Å². The molecule has 0 atom stereocenters. The van der Waals surface area contributed by atoms with Crippen LogP contribution in [0.3, 0.4) is 0 Å². The van der Waals surface area contributed by atoms with Crippen molar-refractivity contribution in [3.8, 4) is 0 Å². The van der Waals surface area contributed by atoms with Crippen LogP contribution >= 0.6 is 0 Å². The molecular weight excluding hydrogens is 241 g/mol. The highest BCUT2D eigenvalue weighted by Crippen LogP contribution is 2.31. The van der Waals surface area contributed by atoms with Crippen LogP contribution in [0.25, 0.3) is 0 Å². The summed E-state index contributed by atoms with van der Waals surface area (Å²) < 4.78 is 37.2. The van der Waals surface area contributed by atoms with E-state index in [1.54, 1.807) is 24.3 Å². The Labute approximate surface area is 102 Å². The van der Waals surface area contributed by atoms with Crippen LogP contribution in [0.15, 0.2) is 54.6 Å². The number of nitrogens with two attached hydrogens (primary N) is 1. The summed E-state index contributed by atoms with van der Waals surface area (Å²) in [5.74, 6) is 5.83. The Hall–Kier alpha value is -2.01. The summed E-state index contributed by atoms with van der Waals surface area (Å²) in [7, 11) is 0. The second kappa shape index (κ2) is 4.70. The Morgan fingerprint density at radius 1 is 0.778 bits per heavy atom. The Kier molecular flexibility index (Phi) is 3.25. The van der Waals surface area contributed by atoms with Gasteiger partial charge in [-0.15, -0.1) is 0 Å². The van der Waals surface area contributed by atoms with Crippen molar-refractivity contribution in [2.24, 2.45) is 5.84 Å².